The largest absolute Gasteiger partial charge is 0.440 e. The summed E-state index contributed by atoms with van der Waals surface area (Å²) in [5, 5.41) is 3.75. The van der Waals surface area contributed by atoms with E-state index in [-0.39, 0.29) is 5.43 Å². The maximum absolute atomic E-state index is 12.2. The lowest BCUT2D eigenvalue weighted by Crippen LogP contribution is -2.06. The fraction of sp³-hybridized carbons (Fsp3) is 0.167. The molecule has 3 aromatic rings. The van der Waals surface area contributed by atoms with E-state index in [1.165, 1.54) is 6.07 Å². The van der Waals surface area contributed by atoms with Gasteiger partial charge < -0.3 is 9.73 Å². The molecule has 0 aliphatic carbocycles. The number of nitrogens with one attached hydrogen (secondary N) is 1. The summed E-state index contributed by atoms with van der Waals surface area (Å²) < 4.78 is 5.92. The summed E-state index contributed by atoms with van der Waals surface area (Å²) in [6, 6.07) is 17.1. The Bertz CT molecular complexity index is 806. The Morgan fingerprint density at radius 1 is 1.05 bits per heavy atom. The van der Waals surface area contributed by atoms with Gasteiger partial charge in [-0.05, 0) is 18.1 Å². The first-order valence-electron chi connectivity index (χ1n) is 7.16. The SMILES string of the molecule is CCCNc1cc(=O)c2cccc(-c3ccccc3)c2o1. The van der Waals surface area contributed by atoms with Crippen molar-refractivity contribution in [3.05, 3.63) is 64.8 Å². The lowest BCUT2D eigenvalue weighted by atomic mass is 10.0. The van der Waals surface area contributed by atoms with Crippen LogP contribution in [0.4, 0.5) is 5.88 Å². The Kier molecular flexibility index (Phi) is 3.73. The molecule has 0 unspecified atom stereocenters. The minimum Gasteiger partial charge on any atom is -0.440 e. The summed E-state index contributed by atoms with van der Waals surface area (Å²) in [5.41, 5.74) is 2.59. The summed E-state index contributed by atoms with van der Waals surface area (Å²) in [6.07, 6.45) is 0.974. The van der Waals surface area contributed by atoms with Gasteiger partial charge >= 0.3 is 0 Å². The van der Waals surface area contributed by atoms with Crippen LogP contribution < -0.4 is 10.7 Å². The Hall–Kier alpha value is -2.55. The lowest BCUT2D eigenvalue weighted by molar-refractivity contribution is 0.614. The van der Waals surface area contributed by atoms with Crippen LogP contribution in [0.1, 0.15) is 13.3 Å². The number of hydrogen-bond donors (Lipinski definition) is 1. The second-order valence-electron chi connectivity index (χ2n) is 4.95. The van der Waals surface area contributed by atoms with Crippen molar-refractivity contribution in [2.24, 2.45) is 0 Å². The maximum Gasteiger partial charge on any atom is 0.197 e. The van der Waals surface area contributed by atoms with E-state index >= 15 is 0 Å². The molecular weight excluding hydrogens is 262 g/mol. The molecule has 0 spiro atoms. The van der Waals surface area contributed by atoms with Crippen LogP contribution in [0.3, 0.4) is 0 Å². The second kappa shape index (κ2) is 5.83. The van der Waals surface area contributed by atoms with Gasteiger partial charge in [-0.3, -0.25) is 4.79 Å². The molecule has 0 fully saturated rings. The first-order chi connectivity index (χ1) is 10.3. The van der Waals surface area contributed by atoms with Crippen molar-refractivity contribution in [2.75, 3.05) is 11.9 Å². The van der Waals surface area contributed by atoms with Gasteiger partial charge in [0.05, 0.1) is 5.39 Å². The zero-order valence-electron chi connectivity index (χ0n) is 11.9. The number of benzene rings is 2. The van der Waals surface area contributed by atoms with Crippen LogP contribution in [0, 0.1) is 0 Å². The number of rotatable bonds is 4. The quantitative estimate of drug-likeness (QED) is 0.775. The minimum atomic E-state index is -0.0207. The minimum absolute atomic E-state index is 0.0207. The van der Waals surface area contributed by atoms with Crippen LogP contribution in [0.25, 0.3) is 22.1 Å². The van der Waals surface area contributed by atoms with Crippen LogP contribution in [0.15, 0.2) is 63.8 Å². The molecule has 0 saturated carbocycles. The molecule has 0 amide bonds. The van der Waals surface area contributed by atoms with Crippen LogP contribution in [-0.4, -0.2) is 6.54 Å². The van der Waals surface area contributed by atoms with Crippen LogP contribution >= 0.6 is 0 Å². The van der Waals surface area contributed by atoms with Gasteiger partial charge in [0.2, 0.25) is 0 Å². The molecular formula is C18H17NO2. The van der Waals surface area contributed by atoms with Crippen molar-refractivity contribution in [3.8, 4) is 11.1 Å². The Balaban J connectivity index is 2.21. The van der Waals surface area contributed by atoms with E-state index in [1.807, 2.05) is 42.5 Å². The fourth-order valence-corrected chi connectivity index (χ4v) is 2.36. The van der Waals surface area contributed by atoms with E-state index in [1.54, 1.807) is 6.07 Å². The van der Waals surface area contributed by atoms with Gasteiger partial charge in [0.1, 0.15) is 5.58 Å². The molecule has 1 aromatic heterocycles. The molecule has 3 heteroatoms. The number of hydrogen-bond acceptors (Lipinski definition) is 3. The van der Waals surface area contributed by atoms with Gasteiger partial charge in [0.25, 0.3) is 0 Å². The zero-order valence-corrected chi connectivity index (χ0v) is 11.9. The molecule has 0 bridgehead atoms. The normalized spacial score (nSPS) is 10.7. The Morgan fingerprint density at radius 2 is 1.86 bits per heavy atom. The highest BCUT2D eigenvalue weighted by Crippen LogP contribution is 2.28. The Morgan fingerprint density at radius 3 is 2.62 bits per heavy atom. The molecule has 0 radical (unpaired) electrons. The van der Waals surface area contributed by atoms with Gasteiger partial charge in [-0.2, -0.15) is 0 Å². The van der Waals surface area contributed by atoms with Crippen molar-refractivity contribution in [2.45, 2.75) is 13.3 Å². The van der Waals surface area contributed by atoms with E-state index in [2.05, 4.69) is 12.2 Å². The van der Waals surface area contributed by atoms with Crippen LogP contribution in [0.2, 0.25) is 0 Å². The van der Waals surface area contributed by atoms with Crippen molar-refractivity contribution in [1.82, 2.24) is 0 Å². The first-order valence-corrected chi connectivity index (χ1v) is 7.16. The van der Waals surface area contributed by atoms with E-state index < -0.39 is 0 Å². The van der Waals surface area contributed by atoms with E-state index in [0.29, 0.717) is 16.9 Å². The molecule has 3 rings (SSSR count). The summed E-state index contributed by atoms with van der Waals surface area (Å²) in [4.78, 5) is 12.2. The van der Waals surface area contributed by atoms with E-state index in [0.717, 1.165) is 24.1 Å². The van der Waals surface area contributed by atoms with Gasteiger partial charge in [0.15, 0.2) is 11.3 Å². The van der Waals surface area contributed by atoms with Crippen LogP contribution in [0.5, 0.6) is 0 Å². The monoisotopic (exact) mass is 279 g/mol. The predicted molar refractivity (Wildman–Crippen MR) is 86.7 cm³/mol. The van der Waals surface area contributed by atoms with Gasteiger partial charge in [-0.25, -0.2) is 0 Å². The highest BCUT2D eigenvalue weighted by molar-refractivity contribution is 5.92. The topological polar surface area (TPSA) is 42.2 Å². The number of anilines is 1. The average molecular weight is 279 g/mol. The van der Waals surface area contributed by atoms with Gasteiger partial charge in [0, 0.05) is 18.2 Å². The molecule has 0 aliphatic heterocycles. The molecule has 21 heavy (non-hydrogen) atoms. The molecule has 1 heterocycles. The van der Waals surface area contributed by atoms with Gasteiger partial charge in [-0.15, -0.1) is 0 Å². The maximum atomic E-state index is 12.2. The first kappa shape index (κ1) is 13.4. The molecule has 106 valence electrons. The fourth-order valence-electron chi connectivity index (χ4n) is 2.36. The molecule has 0 atom stereocenters. The molecule has 2 aromatic carbocycles. The zero-order chi connectivity index (χ0) is 14.7. The molecule has 0 aliphatic rings. The second-order valence-corrected chi connectivity index (χ2v) is 4.95. The van der Waals surface area contributed by atoms with E-state index in [9.17, 15) is 4.79 Å². The molecule has 3 nitrogen and oxygen atoms in total. The summed E-state index contributed by atoms with van der Waals surface area (Å²) >= 11 is 0. The van der Waals surface area contributed by atoms with Crippen molar-refractivity contribution in [3.63, 3.8) is 0 Å². The summed E-state index contributed by atoms with van der Waals surface area (Å²) in [6.45, 7) is 2.85. The Labute approximate surface area is 123 Å². The van der Waals surface area contributed by atoms with Crippen LogP contribution in [-0.2, 0) is 0 Å². The summed E-state index contributed by atoms with van der Waals surface area (Å²) in [7, 11) is 0. The molecule has 1 N–H and O–H groups in total. The number of fused-ring (bicyclic) bond motifs is 1. The van der Waals surface area contributed by atoms with Crippen molar-refractivity contribution < 1.29 is 4.42 Å². The average Bonchev–Trinajstić information content (AvgIpc) is 2.53. The molecule has 0 saturated heterocycles. The third kappa shape index (κ3) is 2.68. The smallest absolute Gasteiger partial charge is 0.197 e. The third-order valence-electron chi connectivity index (χ3n) is 3.39. The lowest BCUT2D eigenvalue weighted by Gasteiger charge is -2.08. The van der Waals surface area contributed by atoms with Gasteiger partial charge in [-0.1, -0.05) is 49.4 Å². The highest BCUT2D eigenvalue weighted by atomic mass is 16.3. The summed E-state index contributed by atoms with van der Waals surface area (Å²) in [5.74, 6) is 0.526. The standard InChI is InChI=1S/C18H17NO2/c1-2-11-19-17-12-16(20)15-10-6-9-14(18(15)21-17)13-7-4-3-5-8-13/h3-10,12,19H,2,11H2,1H3. The highest BCUT2D eigenvalue weighted by Gasteiger charge is 2.10. The third-order valence-corrected chi connectivity index (χ3v) is 3.39. The van der Waals surface area contributed by atoms with Crippen molar-refractivity contribution in [1.29, 1.82) is 0 Å². The number of para-hydroxylation sites is 1. The predicted octanol–water partition coefficient (Wildman–Crippen LogP) is 4.28. The van der Waals surface area contributed by atoms with Crippen molar-refractivity contribution >= 4 is 16.9 Å². The van der Waals surface area contributed by atoms with E-state index in [4.69, 9.17) is 4.42 Å².